The number of unbranched alkanes of at least 4 members (excludes halogenated alkanes) is 33. The van der Waals surface area contributed by atoms with Crippen molar-refractivity contribution in [3.8, 4) is 0 Å². The third kappa shape index (κ3) is 35.5. The zero-order valence-corrected chi connectivity index (χ0v) is 33.4. The van der Waals surface area contributed by atoms with Crippen LogP contribution in [-0.2, 0) is 4.79 Å². The SMILES string of the molecule is CCCCCCCCCCCCCCCCCCCCCCCC(=O)NC(CO)C(O)C(O)CCCCCCCCCCCCCCCC. The van der Waals surface area contributed by atoms with Crippen molar-refractivity contribution in [2.75, 3.05) is 6.61 Å². The van der Waals surface area contributed by atoms with Crippen molar-refractivity contribution >= 4 is 5.91 Å². The third-order valence-corrected chi connectivity index (χ3v) is 10.7. The quantitative estimate of drug-likeness (QED) is 0.0479. The van der Waals surface area contributed by atoms with Crippen LogP contribution in [0.1, 0.15) is 251 Å². The van der Waals surface area contributed by atoms with E-state index in [1.54, 1.807) is 0 Å². The number of nitrogens with one attached hydrogen (secondary N) is 1. The average molecular weight is 696 g/mol. The summed E-state index contributed by atoms with van der Waals surface area (Å²) in [5.41, 5.74) is 0. The molecule has 0 aromatic rings. The van der Waals surface area contributed by atoms with Crippen LogP contribution in [0.2, 0.25) is 0 Å². The zero-order chi connectivity index (χ0) is 35.9. The van der Waals surface area contributed by atoms with Gasteiger partial charge in [0.25, 0.3) is 0 Å². The number of aliphatic hydroxyl groups excluding tert-OH is 3. The van der Waals surface area contributed by atoms with Gasteiger partial charge in [0.15, 0.2) is 0 Å². The predicted octanol–water partition coefficient (Wildman–Crippen LogP) is 12.7. The first-order valence-corrected chi connectivity index (χ1v) is 22.3. The highest BCUT2D eigenvalue weighted by molar-refractivity contribution is 5.76. The van der Waals surface area contributed by atoms with E-state index in [0.29, 0.717) is 12.8 Å². The fourth-order valence-corrected chi connectivity index (χ4v) is 7.22. The van der Waals surface area contributed by atoms with E-state index < -0.39 is 18.2 Å². The molecule has 0 fully saturated rings. The molecule has 0 bridgehead atoms. The number of carbonyl (C=O) groups is 1. The van der Waals surface area contributed by atoms with Crippen molar-refractivity contribution in [3.05, 3.63) is 0 Å². The smallest absolute Gasteiger partial charge is 0.220 e. The lowest BCUT2D eigenvalue weighted by Crippen LogP contribution is -2.50. The van der Waals surface area contributed by atoms with Gasteiger partial charge < -0.3 is 20.6 Å². The third-order valence-electron chi connectivity index (χ3n) is 10.7. The van der Waals surface area contributed by atoms with Crippen LogP contribution in [0.15, 0.2) is 0 Å². The standard InChI is InChI=1S/C44H89NO4/c1-3-5-7-9-11-13-15-17-19-20-21-22-23-24-25-27-29-31-33-35-37-39-43(48)45-41(40-46)44(49)42(47)38-36-34-32-30-28-26-18-16-14-12-10-8-6-4-2/h41-42,44,46-47,49H,3-40H2,1-2H3,(H,45,48). The van der Waals surface area contributed by atoms with Crippen molar-refractivity contribution in [2.45, 2.75) is 270 Å². The van der Waals surface area contributed by atoms with Gasteiger partial charge in [-0.05, 0) is 12.8 Å². The van der Waals surface area contributed by atoms with Gasteiger partial charge in [0, 0.05) is 6.42 Å². The molecule has 1 amide bonds. The molecular weight excluding hydrogens is 606 g/mol. The second-order valence-electron chi connectivity index (χ2n) is 15.6. The minimum Gasteiger partial charge on any atom is -0.394 e. The largest absolute Gasteiger partial charge is 0.394 e. The van der Waals surface area contributed by atoms with Crippen molar-refractivity contribution < 1.29 is 20.1 Å². The second-order valence-corrected chi connectivity index (χ2v) is 15.6. The number of aliphatic hydroxyl groups is 3. The maximum absolute atomic E-state index is 12.4. The van der Waals surface area contributed by atoms with E-state index in [4.69, 9.17) is 0 Å². The summed E-state index contributed by atoms with van der Waals surface area (Å²) in [6.07, 6.45) is 45.0. The monoisotopic (exact) mass is 696 g/mol. The minimum absolute atomic E-state index is 0.139. The molecule has 294 valence electrons. The molecule has 4 N–H and O–H groups in total. The number of hydrogen-bond acceptors (Lipinski definition) is 4. The molecule has 49 heavy (non-hydrogen) atoms. The van der Waals surface area contributed by atoms with Gasteiger partial charge in [0.1, 0.15) is 6.10 Å². The number of hydrogen-bond donors (Lipinski definition) is 4. The van der Waals surface area contributed by atoms with Crippen molar-refractivity contribution in [1.29, 1.82) is 0 Å². The Labute approximate surface area is 307 Å². The molecule has 0 aromatic heterocycles. The summed E-state index contributed by atoms with van der Waals surface area (Å²) >= 11 is 0. The normalized spacial score (nSPS) is 13.5. The minimum atomic E-state index is -1.13. The molecule has 0 radical (unpaired) electrons. The van der Waals surface area contributed by atoms with Crippen LogP contribution >= 0.6 is 0 Å². The zero-order valence-electron chi connectivity index (χ0n) is 33.4. The van der Waals surface area contributed by atoms with Crippen molar-refractivity contribution in [1.82, 2.24) is 5.32 Å². The Hall–Kier alpha value is -0.650. The van der Waals surface area contributed by atoms with Gasteiger partial charge in [0.2, 0.25) is 5.91 Å². The highest BCUT2D eigenvalue weighted by Gasteiger charge is 2.26. The van der Waals surface area contributed by atoms with E-state index in [1.165, 1.54) is 193 Å². The van der Waals surface area contributed by atoms with E-state index in [1.807, 2.05) is 0 Å². The summed E-state index contributed by atoms with van der Waals surface area (Å²) in [4.78, 5) is 12.4. The van der Waals surface area contributed by atoms with Crippen LogP contribution in [0.4, 0.5) is 0 Å². The first-order chi connectivity index (χ1) is 24.1. The lowest BCUT2D eigenvalue weighted by molar-refractivity contribution is -0.124. The molecule has 5 heteroatoms. The Kier molecular flexibility index (Phi) is 39.6. The summed E-state index contributed by atoms with van der Waals surface area (Å²) in [6, 6.07) is -0.802. The highest BCUT2D eigenvalue weighted by atomic mass is 16.3. The molecule has 0 aliphatic heterocycles. The molecule has 0 aromatic carbocycles. The van der Waals surface area contributed by atoms with Crippen LogP contribution in [0.5, 0.6) is 0 Å². The maximum Gasteiger partial charge on any atom is 0.220 e. The van der Waals surface area contributed by atoms with Gasteiger partial charge in [-0.25, -0.2) is 0 Å². The Morgan fingerprint density at radius 2 is 0.694 bits per heavy atom. The van der Waals surface area contributed by atoms with E-state index in [9.17, 15) is 20.1 Å². The molecule has 0 rings (SSSR count). The fraction of sp³-hybridized carbons (Fsp3) is 0.977. The van der Waals surface area contributed by atoms with E-state index in [2.05, 4.69) is 19.2 Å². The summed E-state index contributed by atoms with van der Waals surface area (Å²) < 4.78 is 0. The molecule has 0 aliphatic carbocycles. The number of amides is 1. The molecule has 3 unspecified atom stereocenters. The van der Waals surface area contributed by atoms with Gasteiger partial charge in [-0.15, -0.1) is 0 Å². The van der Waals surface area contributed by atoms with Crippen molar-refractivity contribution in [3.63, 3.8) is 0 Å². The molecule has 0 saturated heterocycles. The Morgan fingerprint density at radius 3 is 0.980 bits per heavy atom. The second kappa shape index (κ2) is 40.1. The Morgan fingerprint density at radius 1 is 0.429 bits per heavy atom. The fourth-order valence-electron chi connectivity index (χ4n) is 7.22. The van der Waals surface area contributed by atoms with Gasteiger partial charge >= 0.3 is 0 Å². The van der Waals surface area contributed by atoms with Gasteiger partial charge in [-0.3, -0.25) is 4.79 Å². The van der Waals surface area contributed by atoms with Crippen LogP contribution in [0.3, 0.4) is 0 Å². The molecule has 0 saturated carbocycles. The summed E-state index contributed by atoms with van der Waals surface area (Å²) in [6.45, 7) is 4.20. The van der Waals surface area contributed by atoms with Crippen molar-refractivity contribution in [2.24, 2.45) is 0 Å². The lowest BCUT2D eigenvalue weighted by atomic mass is 9.99. The average Bonchev–Trinajstić information content (AvgIpc) is 3.10. The van der Waals surface area contributed by atoms with Gasteiger partial charge in [-0.2, -0.15) is 0 Å². The maximum atomic E-state index is 12.4. The summed E-state index contributed by atoms with van der Waals surface area (Å²) in [7, 11) is 0. The van der Waals surface area contributed by atoms with Crippen LogP contribution in [-0.4, -0.2) is 46.1 Å². The molecular formula is C44H89NO4. The first-order valence-electron chi connectivity index (χ1n) is 22.3. The summed E-state index contributed by atoms with van der Waals surface area (Å²) in [5, 5.41) is 33.5. The highest BCUT2D eigenvalue weighted by Crippen LogP contribution is 2.17. The topological polar surface area (TPSA) is 89.8 Å². The van der Waals surface area contributed by atoms with Crippen LogP contribution in [0.25, 0.3) is 0 Å². The number of rotatable bonds is 41. The van der Waals surface area contributed by atoms with Gasteiger partial charge in [0.05, 0.1) is 18.8 Å². The molecule has 3 atom stereocenters. The molecule has 5 nitrogen and oxygen atoms in total. The lowest BCUT2D eigenvalue weighted by Gasteiger charge is -2.26. The Balaban J connectivity index is 3.56. The van der Waals surface area contributed by atoms with E-state index >= 15 is 0 Å². The predicted molar refractivity (Wildman–Crippen MR) is 213 cm³/mol. The Bertz CT molecular complexity index is 644. The molecule has 0 aliphatic rings. The molecule has 0 heterocycles. The first kappa shape index (κ1) is 48.3. The van der Waals surface area contributed by atoms with Crippen LogP contribution in [0, 0.1) is 0 Å². The van der Waals surface area contributed by atoms with E-state index in [0.717, 1.165) is 32.1 Å². The molecule has 0 spiro atoms. The van der Waals surface area contributed by atoms with E-state index in [-0.39, 0.29) is 12.5 Å². The number of carbonyl (C=O) groups excluding carboxylic acids is 1. The van der Waals surface area contributed by atoms with Gasteiger partial charge in [-0.1, -0.05) is 232 Å². The summed E-state index contributed by atoms with van der Waals surface area (Å²) in [5.74, 6) is -0.139. The van der Waals surface area contributed by atoms with Crippen LogP contribution < -0.4 is 5.32 Å².